The zero-order chi connectivity index (χ0) is 18.7. The molecule has 0 bridgehead atoms. The first-order valence-electron chi connectivity index (χ1n) is 8.74. The van der Waals surface area contributed by atoms with Crippen molar-refractivity contribution in [2.75, 3.05) is 17.3 Å². The highest BCUT2D eigenvalue weighted by molar-refractivity contribution is 7.99. The summed E-state index contributed by atoms with van der Waals surface area (Å²) in [5, 5.41) is 8.94. The second-order valence-electron chi connectivity index (χ2n) is 6.66. The predicted octanol–water partition coefficient (Wildman–Crippen LogP) is 2.64. The number of benzene rings is 1. The molecule has 0 aliphatic carbocycles. The zero-order valence-electron chi connectivity index (χ0n) is 15.0. The minimum Gasteiger partial charge on any atom is -0.309 e. The Kier molecular flexibility index (Phi) is 5.82. The highest BCUT2D eigenvalue weighted by Gasteiger charge is 2.32. The molecule has 1 aliphatic rings. The van der Waals surface area contributed by atoms with Gasteiger partial charge in [0, 0.05) is 18.5 Å². The molecule has 1 fully saturated rings. The molecule has 2 aromatic rings. The number of Topliss-reactive ketones (excluding diaryl/α,β-unsaturated/α-hetero) is 1. The van der Waals surface area contributed by atoms with E-state index in [2.05, 4.69) is 17.1 Å². The minimum atomic E-state index is -2.96. The van der Waals surface area contributed by atoms with Crippen LogP contribution in [0.4, 0.5) is 0 Å². The van der Waals surface area contributed by atoms with Gasteiger partial charge >= 0.3 is 0 Å². The SMILES string of the molecule is CCCc1ccc(C(=O)CSc2nnc(C3CCS(=O)(=O)C3)n2C)cc1. The van der Waals surface area contributed by atoms with Gasteiger partial charge in [-0.3, -0.25) is 4.79 Å². The Hall–Kier alpha value is -1.67. The fourth-order valence-corrected chi connectivity index (χ4v) is 5.72. The van der Waals surface area contributed by atoms with Gasteiger partial charge in [-0.1, -0.05) is 49.4 Å². The highest BCUT2D eigenvalue weighted by atomic mass is 32.2. The van der Waals surface area contributed by atoms with Gasteiger partial charge in [0.05, 0.1) is 17.3 Å². The molecule has 0 N–H and O–H groups in total. The quantitative estimate of drug-likeness (QED) is 0.531. The normalized spacial score (nSPS) is 18.9. The number of ketones is 1. The van der Waals surface area contributed by atoms with E-state index in [1.807, 2.05) is 35.9 Å². The van der Waals surface area contributed by atoms with Crippen molar-refractivity contribution in [2.45, 2.75) is 37.3 Å². The predicted molar refractivity (Wildman–Crippen MR) is 103 cm³/mol. The van der Waals surface area contributed by atoms with Crippen LogP contribution in [0.2, 0.25) is 0 Å². The molecule has 1 saturated heterocycles. The first kappa shape index (κ1) is 19.1. The van der Waals surface area contributed by atoms with Crippen LogP contribution in [0.3, 0.4) is 0 Å². The summed E-state index contributed by atoms with van der Waals surface area (Å²) >= 11 is 1.33. The molecule has 26 heavy (non-hydrogen) atoms. The average Bonchev–Trinajstić information content (AvgIpc) is 3.15. The van der Waals surface area contributed by atoms with E-state index in [-0.39, 0.29) is 29.0 Å². The van der Waals surface area contributed by atoms with E-state index in [4.69, 9.17) is 0 Å². The number of aromatic nitrogens is 3. The maximum Gasteiger partial charge on any atom is 0.191 e. The van der Waals surface area contributed by atoms with Gasteiger partial charge in [-0.05, 0) is 18.4 Å². The third-order valence-electron chi connectivity index (χ3n) is 4.61. The fraction of sp³-hybridized carbons (Fsp3) is 0.500. The third kappa shape index (κ3) is 4.35. The number of thioether (sulfide) groups is 1. The number of hydrogen-bond acceptors (Lipinski definition) is 6. The summed E-state index contributed by atoms with van der Waals surface area (Å²) in [7, 11) is -1.14. The Labute approximate surface area is 158 Å². The summed E-state index contributed by atoms with van der Waals surface area (Å²) in [4.78, 5) is 12.4. The summed E-state index contributed by atoms with van der Waals surface area (Å²) in [5.41, 5.74) is 1.93. The minimum absolute atomic E-state index is 0.0473. The van der Waals surface area contributed by atoms with Crippen LogP contribution in [0.15, 0.2) is 29.4 Å². The number of rotatable bonds is 7. The van der Waals surface area contributed by atoms with Crippen LogP contribution in [0.1, 0.15) is 47.4 Å². The summed E-state index contributed by atoms with van der Waals surface area (Å²) < 4.78 is 25.1. The Bertz CT molecular complexity index is 889. The first-order valence-corrected chi connectivity index (χ1v) is 11.5. The number of hydrogen-bond donors (Lipinski definition) is 0. The lowest BCUT2D eigenvalue weighted by molar-refractivity contribution is 0.102. The second-order valence-corrected chi connectivity index (χ2v) is 9.83. The van der Waals surface area contributed by atoms with Gasteiger partial charge < -0.3 is 4.57 Å². The van der Waals surface area contributed by atoms with E-state index in [1.165, 1.54) is 17.3 Å². The van der Waals surface area contributed by atoms with E-state index in [0.29, 0.717) is 23.0 Å². The summed E-state index contributed by atoms with van der Waals surface area (Å²) in [5.74, 6) is 1.25. The van der Waals surface area contributed by atoms with Crippen LogP contribution < -0.4 is 0 Å². The number of sulfone groups is 1. The lowest BCUT2D eigenvalue weighted by atomic mass is 10.1. The molecule has 140 valence electrons. The van der Waals surface area contributed by atoms with Gasteiger partial charge in [0.1, 0.15) is 5.82 Å². The van der Waals surface area contributed by atoms with Gasteiger partial charge in [-0.15, -0.1) is 10.2 Å². The van der Waals surface area contributed by atoms with Crippen LogP contribution in [-0.4, -0.2) is 46.2 Å². The van der Waals surface area contributed by atoms with Gasteiger partial charge in [0.15, 0.2) is 20.8 Å². The zero-order valence-corrected chi connectivity index (χ0v) is 16.6. The molecule has 2 heterocycles. The van der Waals surface area contributed by atoms with Gasteiger partial charge in [-0.25, -0.2) is 8.42 Å². The number of aryl methyl sites for hydroxylation is 1. The standard InChI is InChI=1S/C18H23N3O3S2/c1-3-4-13-5-7-14(8-6-13)16(22)11-25-18-20-19-17(21(18)2)15-9-10-26(23,24)12-15/h5-8,15H,3-4,9-12H2,1-2H3. The Balaban J connectivity index is 1.62. The van der Waals surface area contributed by atoms with E-state index in [9.17, 15) is 13.2 Å². The molecular formula is C18H23N3O3S2. The number of nitrogens with zero attached hydrogens (tertiary/aromatic N) is 3. The molecule has 0 spiro atoms. The van der Waals surface area contributed by atoms with Crippen molar-refractivity contribution >= 4 is 27.4 Å². The van der Waals surface area contributed by atoms with Gasteiger partial charge in [0.25, 0.3) is 0 Å². The van der Waals surface area contributed by atoms with Crippen LogP contribution in [0.5, 0.6) is 0 Å². The van der Waals surface area contributed by atoms with Crippen molar-refractivity contribution in [3.05, 3.63) is 41.2 Å². The molecule has 1 aliphatic heterocycles. The van der Waals surface area contributed by atoms with E-state index >= 15 is 0 Å². The second kappa shape index (κ2) is 7.92. The Morgan fingerprint density at radius 3 is 2.62 bits per heavy atom. The highest BCUT2D eigenvalue weighted by Crippen LogP contribution is 2.29. The smallest absolute Gasteiger partial charge is 0.191 e. The van der Waals surface area contributed by atoms with Crippen molar-refractivity contribution in [1.82, 2.24) is 14.8 Å². The molecule has 0 saturated carbocycles. The van der Waals surface area contributed by atoms with Crippen molar-refractivity contribution in [1.29, 1.82) is 0 Å². The summed E-state index contributed by atoms with van der Waals surface area (Å²) in [6.45, 7) is 2.13. The van der Waals surface area contributed by atoms with E-state index in [1.54, 1.807) is 0 Å². The third-order valence-corrected chi connectivity index (χ3v) is 7.40. The molecule has 0 radical (unpaired) electrons. The lowest BCUT2D eigenvalue weighted by Gasteiger charge is -2.08. The molecule has 1 aromatic heterocycles. The molecule has 3 rings (SSSR count). The van der Waals surface area contributed by atoms with Crippen LogP contribution in [-0.2, 0) is 23.3 Å². The fourth-order valence-electron chi connectivity index (χ4n) is 3.17. The van der Waals surface area contributed by atoms with Crippen LogP contribution in [0, 0.1) is 0 Å². The molecule has 6 nitrogen and oxygen atoms in total. The van der Waals surface area contributed by atoms with Gasteiger partial charge in [0.2, 0.25) is 0 Å². The maximum absolute atomic E-state index is 12.4. The van der Waals surface area contributed by atoms with Crippen molar-refractivity contribution < 1.29 is 13.2 Å². The van der Waals surface area contributed by atoms with Crippen molar-refractivity contribution in [3.63, 3.8) is 0 Å². The molecule has 1 aromatic carbocycles. The van der Waals surface area contributed by atoms with Crippen LogP contribution in [0.25, 0.3) is 0 Å². The molecule has 0 amide bonds. The largest absolute Gasteiger partial charge is 0.309 e. The Morgan fingerprint density at radius 2 is 2.00 bits per heavy atom. The van der Waals surface area contributed by atoms with Crippen molar-refractivity contribution in [2.24, 2.45) is 7.05 Å². The molecular weight excluding hydrogens is 370 g/mol. The van der Waals surface area contributed by atoms with Crippen molar-refractivity contribution in [3.8, 4) is 0 Å². The number of carbonyl (C=O) groups is 1. The van der Waals surface area contributed by atoms with E-state index < -0.39 is 9.84 Å². The topological polar surface area (TPSA) is 81.9 Å². The van der Waals surface area contributed by atoms with Gasteiger partial charge in [-0.2, -0.15) is 0 Å². The first-order chi connectivity index (χ1) is 12.4. The molecule has 8 heteroatoms. The molecule has 1 unspecified atom stereocenters. The average molecular weight is 394 g/mol. The summed E-state index contributed by atoms with van der Waals surface area (Å²) in [6, 6.07) is 7.75. The van der Waals surface area contributed by atoms with E-state index in [0.717, 1.165) is 12.8 Å². The van der Waals surface area contributed by atoms with Crippen LogP contribution >= 0.6 is 11.8 Å². The number of carbonyl (C=O) groups excluding carboxylic acids is 1. The maximum atomic E-state index is 12.4. The Morgan fingerprint density at radius 1 is 1.27 bits per heavy atom. The lowest BCUT2D eigenvalue weighted by Crippen LogP contribution is -2.09. The summed E-state index contributed by atoms with van der Waals surface area (Å²) in [6.07, 6.45) is 2.68. The monoisotopic (exact) mass is 393 g/mol. The molecule has 1 atom stereocenters.